The van der Waals surface area contributed by atoms with Gasteiger partial charge in [-0.25, -0.2) is 4.79 Å². The molecule has 0 saturated heterocycles. The number of benzene rings is 3. The number of ether oxygens (including phenoxy) is 2. The van der Waals surface area contributed by atoms with Gasteiger partial charge in [0.15, 0.2) is 11.5 Å². The second-order valence-electron chi connectivity index (χ2n) is 7.87. The van der Waals surface area contributed by atoms with Crippen molar-refractivity contribution in [3.8, 4) is 11.5 Å². The van der Waals surface area contributed by atoms with Crippen molar-refractivity contribution < 1.29 is 24.2 Å². The van der Waals surface area contributed by atoms with Gasteiger partial charge in [0.2, 0.25) is 6.79 Å². The van der Waals surface area contributed by atoms with Crippen molar-refractivity contribution in [2.24, 2.45) is 0 Å². The van der Waals surface area contributed by atoms with Gasteiger partial charge in [-0.15, -0.1) is 0 Å². The number of amides is 3. The van der Waals surface area contributed by atoms with Gasteiger partial charge in [0.1, 0.15) is 0 Å². The van der Waals surface area contributed by atoms with Gasteiger partial charge in [-0.05, 0) is 47.9 Å². The number of carbonyl (C=O) groups is 2. The highest BCUT2D eigenvalue weighted by Crippen LogP contribution is 2.40. The number of urea groups is 1. The van der Waals surface area contributed by atoms with Gasteiger partial charge < -0.3 is 25.2 Å². The number of para-hydroxylation sites is 1. The molecule has 3 aromatic rings. The zero-order chi connectivity index (χ0) is 23.0. The summed E-state index contributed by atoms with van der Waals surface area (Å²) in [4.78, 5) is 27.7. The number of hydrogen-bond acceptors (Lipinski definition) is 5. The first-order chi connectivity index (χ1) is 16.0. The van der Waals surface area contributed by atoms with Crippen molar-refractivity contribution in [1.82, 2.24) is 5.32 Å². The highest BCUT2D eigenvalue weighted by Gasteiger charge is 2.51. The van der Waals surface area contributed by atoms with E-state index in [2.05, 4.69) is 10.6 Å². The molecule has 33 heavy (non-hydrogen) atoms. The maximum atomic E-state index is 13.5. The maximum absolute atomic E-state index is 13.5. The normalized spacial score (nSPS) is 18.5. The van der Waals surface area contributed by atoms with Gasteiger partial charge in [-0.3, -0.25) is 9.69 Å². The third-order valence-corrected chi connectivity index (χ3v) is 5.88. The van der Waals surface area contributed by atoms with Crippen LogP contribution in [0.3, 0.4) is 0 Å². The Hall–Kier alpha value is -4.04. The Bertz CT molecular complexity index is 1230. The van der Waals surface area contributed by atoms with E-state index in [4.69, 9.17) is 9.47 Å². The summed E-state index contributed by atoms with van der Waals surface area (Å²) in [7, 11) is 0. The highest BCUT2D eigenvalue weighted by molar-refractivity contribution is 6.11. The van der Waals surface area contributed by atoms with Crippen molar-refractivity contribution in [2.45, 2.75) is 25.6 Å². The first kappa shape index (κ1) is 20.8. The number of fused-ring (bicyclic) bond motifs is 2. The molecule has 5 rings (SSSR count). The van der Waals surface area contributed by atoms with Crippen molar-refractivity contribution >= 4 is 23.3 Å². The van der Waals surface area contributed by atoms with E-state index in [0.717, 1.165) is 22.4 Å². The summed E-state index contributed by atoms with van der Waals surface area (Å²) in [6, 6.07) is 18.7. The molecule has 3 N–H and O–H groups in total. The fourth-order valence-electron chi connectivity index (χ4n) is 4.10. The van der Waals surface area contributed by atoms with Crippen molar-refractivity contribution in [3.63, 3.8) is 0 Å². The Balaban J connectivity index is 1.49. The number of aryl methyl sites for hydroxylation is 1. The minimum Gasteiger partial charge on any atom is -0.454 e. The highest BCUT2D eigenvalue weighted by atomic mass is 16.7. The molecule has 0 aromatic heterocycles. The van der Waals surface area contributed by atoms with E-state index < -0.39 is 17.7 Å². The van der Waals surface area contributed by atoms with Crippen LogP contribution in [0.1, 0.15) is 23.6 Å². The summed E-state index contributed by atoms with van der Waals surface area (Å²) >= 11 is 0. The standard InChI is InChI=1S/C25H23N3O5/c1-2-16-7-10-18(11-8-16)28-24(30)27-20-6-4-3-5-19(20)25(28,31)23(29)26-14-17-9-12-21-22(13-17)33-15-32-21/h3-13,31H,2,14-15H2,1H3,(H,26,29)(H,27,30). The quantitative estimate of drug-likeness (QED) is 0.558. The molecule has 0 spiro atoms. The van der Waals surface area contributed by atoms with Crippen LogP contribution >= 0.6 is 0 Å². The number of nitrogens with one attached hydrogen (secondary N) is 2. The summed E-state index contributed by atoms with van der Waals surface area (Å²) < 4.78 is 10.7. The Labute approximate surface area is 190 Å². The lowest BCUT2D eigenvalue weighted by molar-refractivity contribution is -0.140. The molecular weight excluding hydrogens is 422 g/mol. The number of aliphatic hydroxyl groups is 1. The SMILES string of the molecule is CCc1ccc(N2C(=O)Nc3ccccc3C2(O)C(=O)NCc2ccc3c(c2)OCO3)cc1. The second-order valence-corrected chi connectivity index (χ2v) is 7.87. The molecule has 8 heteroatoms. The molecule has 2 heterocycles. The van der Waals surface area contributed by atoms with E-state index >= 15 is 0 Å². The smallest absolute Gasteiger partial charge is 0.329 e. The predicted molar refractivity (Wildman–Crippen MR) is 122 cm³/mol. The molecule has 0 fully saturated rings. The summed E-state index contributed by atoms with van der Waals surface area (Å²) in [5.74, 6) is 0.519. The monoisotopic (exact) mass is 445 g/mol. The van der Waals surface area contributed by atoms with Crippen LogP contribution in [0.4, 0.5) is 16.2 Å². The number of hydrogen-bond donors (Lipinski definition) is 3. The first-order valence-corrected chi connectivity index (χ1v) is 10.7. The number of rotatable bonds is 5. The fraction of sp³-hybridized carbons (Fsp3) is 0.200. The van der Waals surface area contributed by atoms with Crippen LogP contribution in [0.25, 0.3) is 0 Å². The largest absolute Gasteiger partial charge is 0.454 e. The molecule has 2 aliphatic rings. The van der Waals surface area contributed by atoms with Gasteiger partial charge in [0, 0.05) is 17.8 Å². The Kier molecular flexibility index (Phi) is 5.14. The lowest BCUT2D eigenvalue weighted by Crippen LogP contribution is -2.62. The molecule has 3 aromatic carbocycles. The average molecular weight is 445 g/mol. The van der Waals surface area contributed by atoms with Crippen molar-refractivity contribution in [3.05, 3.63) is 83.4 Å². The second kappa shape index (κ2) is 8.14. The Morgan fingerprint density at radius 1 is 1.06 bits per heavy atom. The van der Waals surface area contributed by atoms with E-state index in [1.54, 1.807) is 54.6 Å². The Morgan fingerprint density at radius 3 is 2.58 bits per heavy atom. The summed E-state index contributed by atoms with van der Waals surface area (Å²) in [5, 5.41) is 17.4. The Morgan fingerprint density at radius 2 is 1.79 bits per heavy atom. The molecule has 3 amide bonds. The summed E-state index contributed by atoms with van der Waals surface area (Å²) in [6.07, 6.45) is 0.829. The third-order valence-electron chi connectivity index (χ3n) is 5.88. The van der Waals surface area contributed by atoms with Gasteiger partial charge in [-0.2, -0.15) is 0 Å². The molecule has 0 bridgehead atoms. The van der Waals surface area contributed by atoms with Crippen molar-refractivity contribution in [1.29, 1.82) is 0 Å². The van der Waals surface area contributed by atoms with Gasteiger partial charge in [-0.1, -0.05) is 43.3 Å². The van der Waals surface area contributed by atoms with Gasteiger partial charge in [0.05, 0.1) is 5.69 Å². The molecule has 1 unspecified atom stereocenters. The third kappa shape index (κ3) is 3.54. The van der Waals surface area contributed by atoms with Crippen LogP contribution < -0.4 is 25.0 Å². The maximum Gasteiger partial charge on any atom is 0.329 e. The molecule has 0 radical (unpaired) electrons. The molecule has 8 nitrogen and oxygen atoms in total. The minimum absolute atomic E-state index is 0.129. The molecule has 168 valence electrons. The van der Waals surface area contributed by atoms with Crippen LogP contribution in [0.5, 0.6) is 11.5 Å². The van der Waals surface area contributed by atoms with Crippen LogP contribution in [-0.4, -0.2) is 23.8 Å². The summed E-state index contributed by atoms with van der Waals surface area (Å²) in [5.41, 5.74) is 0.663. The molecule has 0 saturated carbocycles. The van der Waals surface area contributed by atoms with E-state index in [9.17, 15) is 14.7 Å². The van der Waals surface area contributed by atoms with E-state index in [1.807, 2.05) is 19.1 Å². The van der Waals surface area contributed by atoms with Crippen LogP contribution in [0.2, 0.25) is 0 Å². The zero-order valence-electron chi connectivity index (χ0n) is 18.0. The molecular formula is C25H23N3O5. The predicted octanol–water partition coefficient (Wildman–Crippen LogP) is 3.49. The summed E-state index contributed by atoms with van der Waals surface area (Å²) in [6.45, 7) is 2.31. The van der Waals surface area contributed by atoms with Gasteiger partial charge in [0.25, 0.3) is 11.6 Å². The van der Waals surface area contributed by atoms with Crippen LogP contribution in [0.15, 0.2) is 66.7 Å². The van der Waals surface area contributed by atoms with Crippen molar-refractivity contribution in [2.75, 3.05) is 17.0 Å². The molecule has 1 atom stereocenters. The topological polar surface area (TPSA) is 100 Å². The van der Waals surface area contributed by atoms with E-state index in [1.165, 1.54) is 0 Å². The van der Waals surface area contributed by atoms with Gasteiger partial charge >= 0.3 is 6.03 Å². The lowest BCUT2D eigenvalue weighted by atomic mass is 9.94. The fourth-order valence-corrected chi connectivity index (χ4v) is 4.10. The van der Waals surface area contributed by atoms with Crippen LogP contribution in [-0.2, 0) is 23.5 Å². The molecule has 0 aliphatic carbocycles. The zero-order valence-corrected chi connectivity index (χ0v) is 18.0. The first-order valence-electron chi connectivity index (χ1n) is 10.7. The molecule has 2 aliphatic heterocycles. The number of nitrogens with zero attached hydrogens (tertiary/aromatic N) is 1. The number of carbonyl (C=O) groups excluding carboxylic acids is 2. The number of anilines is 2. The van der Waals surface area contributed by atoms with Crippen LogP contribution in [0, 0.1) is 0 Å². The van der Waals surface area contributed by atoms with E-state index in [0.29, 0.717) is 22.9 Å². The average Bonchev–Trinajstić information content (AvgIpc) is 3.31. The lowest BCUT2D eigenvalue weighted by Gasteiger charge is -2.42. The van der Waals surface area contributed by atoms with E-state index in [-0.39, 0.29) is 18.9 Å². The minimum atomic E-state index is -2.25.